The number of carbonyl (C=O) groups excluding carboxylic acids is 2. The molecule has 0 spiro atoms. The third kappa shape index (κ3) is 4.04. The third-order valence-electron chi connectivity index (χ3n) is 5.77. The summed E-state index contributed by atoms with van der Waals surface area (Å²) in [6, 6.07) is 12.8. The number of anilines is 2. The van der Waals surface area contributed by atoms with Crippen molar-refractivity contribution in [2.45, 2.75) is 38.6 Å². The number of fused-ring (bicyclic) bond motifs is 1. The van der Waals surface area contributed by atoms with Crippen LogP contribution in [0.15, 0.2) is 47.4 Å². The summed E-state index contributed by atoms with van der Waals surface area (Å²) in [6.45, 7) is 5.12. The van der Waals surface area contributed by atoms with Gasteiger partial charge in [0.15, 0.2) is 0 Å². The van der Waals surface area contributed by atoms with E-state index in [-0.39, 0.29) is 7.33 Å². The van der Waals surface area contributed by atoms with Gasteiger partial charge in [-0.15, -0.1) is 0 Å². The first kappa shape index (κ1) is 21.4. The molecule has 0 saturated heterocycles. The van der Waals surface area contributed by atoms with Crippen molar-refractivity contribution in [1.29, 1.82) is 0 Å². The number of rotatable bonds is 5. The number of carbonyl (C=O) groups is 2. The van der Waals surface area contributed by atoms with Crippen LogP contribution in [-0.4, -0.2) is 39.6 Å². The van der Waals surface area contributed by atoms with Crippen LogP contribution in [0.1, 0.15) is 33.3 Å². The molecule has 6 nitrogen and oxygen atoms in total. The molecule has 0 aromatic heterocycles. The van der Waals surface area contributed by atoms with Crippen molar-refractivity contribution >= 4 is 38.4 Å². The minimum Gasteiger partial charge on any atom is -0.338 e. The van der Waals surface area contributed by atoms with Gasteiger partial charge in [0, 0.05) is 27.1 Å². The Morgan fingerprint density at radius 2 is 1.97 bits per heavy atom. The second-order valence-corrected chi connectivity index (χ2v) is 10.9. The van der Waals surface area contributed by atoms with Crippen molar-refractivity contribution in [1.82, 2.24) is 4.90 Å². The van der Waals surface area contributed by atoms with Gasteiger partial charge in [-0.2, -0.15) is 0 Å². The van der Waals surface area contributed by atoms with Crippen LogP contribution < -0.4 is 9.62 Å². The fourth-order valence-electron chi connectivity index (χ4n) is 3.57. The van der Waals surface area contributed by atoms with Crippen LogP contribution in [0.4, 0.5) is 15.8 Å². The summed E-state index contributed by atoms with van der Waals surface area (Å²) in [5.41, 5.74) is 3.96. The van der Waals surface area contributed by atoms with E-state index in [1.165, 1.54) is 5.56 Å². The van der Waals surface area contributed by atoms with E-state index in [2.05, 4.69) is 5.32 Å². The van der Waals surface area contributed by atoms with Crippen LogP contribution in [0.25, 0.3) is 0 Å². The van der Waals surface area contributed by atoms with Gasteiger partial charge < -0.3 is 10.2 Å². The first-order valence-corrected chi connectivity index (χ1v) is 11.8. The quantitative estimate of drug-likeness (QED) is 0.715. The molecule has 2 aromatic carbocycles. The largest absolute Gasteiger partial charge is 0.338 e. The Kier molecular flexibility index (Phi) is 5.29. The molecule has 1 atom stereocenters. The van der Waals surface area contributed by atoms with Gasteiger partial charge in [0.05, 0.1) is 21.5 Å². The highest BCUT2D eigenvalue weighted by Gasteiger charge is 2.34. The number of hydrogen-bond donors (Lipinski definition) is 1. The molecule has 2 aliphatic heterocycles. The molecule has 0 aliphatic carbocycles. The summed E-state index contributed by atoms with van der Waals surface area (Å²) in [5, 5.41) is 2.73. The Labute approximate surface area is 183 Å². The van der Waals surface area contributed by atoms with Crippen molar-refractivity contribution in [3.63, 3.8) is 0 Å². The normalized spacial score (nSPS) is 20.0. The average Bonchev–Trinajstić information content (AvgIpc) is 3.46. The Morgan fingerprint density at radius 1 is 1.19 bits per heavy atom. The van der Waals surface area contributed by atoms with Gasteiger partial charge >= 0.3 is 0 Å². The molecule has 1 unspecified atom stereocenters. The molecule has 2 heterocycles. The summed E-state index contributed by atoms with van der Waals surface area (Å²) in [6.07, 6.45) is 0.792. The fourth-order valence-corrected chi connectivity index (χ4v) is 5.50. The van der Waals surface area contributed by atoms with E-state index in [9.17, 15) is 18.2 Å². The highest BCUT2D eigenvalue weighted by atomic mass is 32.2. The molecular formula is C23H28FN3O3S. The van der Waals surface area contributed by atoms with Gasteiger partial charge in [0.2, 0.25) is 11.8 Å². The number of nitrogens with zero attached hydrogens (tertiary/aromatic N) is 2. The number of amides is 2. The van der Waals surface area contributed by atoms with E-state index in [0.717, 1.165) is 12.0 Å². The van der Waals surface area contributed by atoms with E-state index in [1.807, 2.05) is 24.3 Å². The molecule has 31 heavy (non-hydrogen) atoms. The lowest BCUT2D eigenvalue weighted by Gasteiger charge is -2.28. The SMILES string of the molecule is CC(=O)N1CCc2ccc(S3(=O)=CN3c3cccc(NC(=O)C(C)(C)CF)c3)cc2C1.[HH]. The predicted molar refractivity (Wildman–Crippen MR) is 123 cm³/mol. The molecule has 8 heteroatoms. The number of alkyl halides is 1. The van der Waals surface area contributed by atoms with Gasteiger partial charge in [-0.3, -0.25) is 13.9 Å². The van der Waals surface area contributed by atoms with Gasteiger partial charge in [-0.25, -0.2) is 8.60 Å². The summed E-state index contributed by atoms with van der Waals surface area (Å²) in [4.78, 5) is 26.5. The zero-order valence-electron chi connectivity index (χ0n) is 17.9. The number of benzene rings is 2. The zero-order valence-corrected chi connectivity index (χ0v) is 18.7. The minimum atomic E-state index is -2.51. The van der Waals surface area contributed by atoms with Crippen LogP contribution in [-0.2, 0) is 32.3 Å². The Bertz CT molecular complexity index is 1190. The van der Waals surface area contributed by atoms with Gasteiger partial charge in [-0.1, -0.05) is 12.1 Å². The fraction of sp³-hybridized carbons (Fsp3) is 0.348. The van der Waals surface area contributed by atoms with E-state index in [0.29, 0.717) is 29.4 Å². The molecule has 2 amide bonds. The van der Waals surface area contributed by atoms with Crippen molar-refractivity contribution in [2.75, 3.05) is 22.8 Å². The molecule has 0 bridgehead atoms. The lowest BCUT2D eigenvalue weighted by atomic mass is 9.94. The van der Waals surface area contributed by atoms with Crippen molar-refractivity contribution < 1.29 is 19.6 Å². The molecule has 2 aromatic rings. The maximum Gasteiger partial charge on any atom is 0.232 e. The monoisotopic (exact) mass is 445 g/mol. The molecule has 1 N–H and O–H groups in total. The molecule has 0 saturated carbocycles. The zero-order chi connectivity index (χ0) is 22.4. The van der Waals surface area contributed by atoms with Gasteiger partial charge in [0.25, 0.3) is 0 Å². The number of hydrogen-bond acceptors (Lipinski definition) is 3. The van der Waals surface area contributed by atoms with Crippen LogP contribution in [0.5, 0.6) is 0 Å². The molecule has 166 valence electrons. The molecule has 4 rings (SSSR count). The third-order valence-corrected chi connectivity index (χ3v) is 7.88. The molecule has 0 radical (unpaired) electrons. The Hall–Kier alpha value is -2.87. The molecule has 0 fully saturated rings. The van der Waals surface area contributed by atoms with Crippen LogP contribution in [0.3, 0.4) is 0 Å². The summed E-state index contributed by atoms with van der Waals surface area (Å²) in [7, 11) is -2.51. The van der Waals surface area contributed by atoms with Crippen LogP contribution in [0, 0.1) is 5.41 Å². The highest BCUT2D eigenvalue weighted by Crippen LogP contribution is 2.35. The van der Waals surface area contributed by atoms with E-state index in [4.69, 9.17) is 0 Å². The summed E-state index contributed by atoms with van der Waals surface area (Å²) in [5.74, 6) is -0.373. The average molecular weight is 446 g/mol. The Balaban J connectivity index is 0.00000289. The lowest BCUT2D eigenvalue weighted by molar-refractivity contribution is -0.129. The first-order valence-electron chi connectivity index (χ1n) is 10.2. The van der Waals surface area contributed by atoms with Crippen molar-refractivity contribution in [3.05, 3.63) is 53.6 Å². The van der Waals surface area contributed by atoms with E-state index >= 15 is 0 Å². The summed E-state index contributed by atoms with van der Waals surface area (Å²) >= 11 is 0. The molecular weight excluding hydrogens is 417 g/mol. The molecule has 2 aliphatic rings. The topological polar surface area (TPSA) is 69.5 Å². The smallest absolute Gasteiger partial charge is 0.232 e. The predicted octanol–water partition coefficient (Wildman–Crippen LogP) is 3.61. The minimum absolute atomic E-state index is 0. The summed E-state index contributed by atoms with van der Waals surface area (Å²) < 4.78 is 28.3. The second-order valence-electron chi connectivity index (χ2n) is 8.64. The number of halogens is 1. The maximum absolute atomic E-state index is 13.5. The van der Waals surface area contributed by atoms with Gasteiger partial charge in [-0.05, 0) is 61.7 Å². The second kappa shape index (κ2) is 7.67. The van der Waals surface area contributed by atoms with Crippen molar-refractivity contribution in [3.8, 4) is 0 Å². The van der Waals surface area contributed by atoms with Crippen molar-refractivity contribution in [2.24, 2.45) is 5.41 Å². The maximum atomic E-state index is 13.5. The van der Waals surface area contributed by atoms with Crippen LogP contribution >= 0.6 is 0 Å². The number of nitrogens with one attached hydrogen (secondary N) is 1. The lowest BCUT2D eigenvalue weighted by Crippen LogP contribution is -2.34. The Morgan fingerprint density at radius 3 is 2.68 bits per heavy atom. The van der Waals surface area contributed by atoms with Crippen LogP contribution in [0.2, 0.25) is 0 Å². The highest BCUT2D eigenvalue weighted by molar-refractivity contribution is 8.11. The first-order chi connectivity index (χ1) is 14.6. The standard InChI is InChI=1S/C23H26FN3O3S.H2/c1-16(28)26-10-9-17-7-8-21(11-18(17)13-26)31(30)15-27(31)20-6-4-5-19(12-20)25-22(29)23(2,3)14-24;/h4-8,11-12,15H,9-10,13-14H2,1-3H3,(H,25,29);1H. The van der Waals surface area contributed by atoms with E-state index in [1.54, 1.807) is 53.7 Å². The van der Waals surface area contributed by atoms with E-state index < -0.39 is 27.7 Å². The van der Waals surface area contributed by atoms with Gasteiger partial charge in [0.1, 0.15) is 16.4 Å².